The highest BCUT2D eigenvalue weighted by molar-refractivity contribution is 7.92. The molecule has 0 aliphatic rings. The molecule has 1 N–H and O–H groups in total. The van der Waals surface area contributed by atoms with Crippen molar-refractivity contribution >= 4 is 27.3 Å². The molecule has 0 saturated heterocycles. The summed E-state index contributed by atoms with van der Waals surface area (Å²) in [5, 5.41) is 2.74. The number of amides is 1. The summed E-state index contributed by atoms with van der Waals surface area (Å²) >= 11 is 0. The molecule has 7 nitrogen and oxygen atoms in total. The molecule has 3 aromatic carbocycles. The lowest BCUT2D eigenvalue weighted by atomic mass is 10.2. The average molecular weight is 474 g/mol. The Bertz CT molecular complexity index is 1360. The molecule has 4 aromatic rings. The highest BCUT2D eigenvalue weighted by Crippen LogP contribution is 2.29. The fourth-order valence-corrected chi connectivity index (χ4v) is 5.09. The number of anilines is 2. The molecule has 1 aromatic heterocycles. The number of methoxy groups -OCH3 is 1. The maximum Gasteiger partial charge on any atom is 0.265 e. The molecule has 172 valence electrons. The third-order valence-corrected chi connectivity index (χ3v) is 7.00. The number of carbonyl (C=O) groups excluding carboxylic acids is 1. The molecule has 0 spiro atoms. The lowest BCUT2D eigenvalue weighted by Gasteiger charge is -2.26. The van der Waals surface area contributed by atoms with Crippen molar-refractivity contribution in [3.8, 4) is 5.75 Å². The van der Waals surface area contributed by atoms with Gasteiger partial charge in [0.25, 0.3) is 15.9 Å². The zero-order valence-corrected chi connectivity index (χ0v) is 19.3. The van der Waals surface area contributed by atoms with E-state index in [-0.39, 0.29) is 17.0 Å². The first-order valence-electron chi connectivity index (χ1n) is 10.5. The lowest BCUT2D eigenvalue weighted by Crippen LogP contribution is -2.32. The van der Waals surface area contributed by atoms with Crippen LogP contribution < -0.4 is 14.4 Å². The van der Waals surface area contributed by atoms with Crippen LogP contribution in [0.2, 0.25) is 0 Å². The van der Waals surface area contributed by atoms with Crippen LogP contribution in [0.5, 0.6) is 5.75 Å². The van der Waals surface area contributed by atoms with Crippen LogP contribution in [0.1, 0.15) is 15.9 Å². The highest BCUT2D eigenvalue weighted by Gasteiger charge is 2.29. The normalized spacial score (nSPS) is 11.0. The summed E-state index contributed by atoms with van der Waals surface area (Å²) in [5.74, 6) is 0.0812. The van der Waals surface area contributed by atoms with Gasteiger partial charge in [-0.25, -0.2) is 8.42 Å². The van der Waals surface area contributed by atoms with Crippen LogP contribution >= 0.6 is 0 Å². The smallest absolute Gasteiger partial charge is 0.265 e. The van der Waals surface area contributed by atoms with Gasteiger partial charge in [0.05, 0.1) is 24.9 Å². The van der Waals surface area contributed by atoms with E-state index in [9.17, 15) is 13.2 Å². The Morgan fingerprint density at radius 2 is 1.53 bits per heavy atom. The summed E-state index contributed by atoms with van der Waals surface area (Å²) in [5.41, 5.74) is 1.82. The van der Waals surface area contributed by atoms with E-state index in [0.29, 0.717) is 17.1 Å². The Labute approximate surface area is 198 Å². The fourth-order valence-electron chi connectivity index (χ4n) is 3.44. The molecule has 0 fully saturated rings. The number of hydrogen-bond acceptors (Lipinski definition) is 5. The number of benzene rings is 3. The summed E-state index contributed by atoms with van der Waals surface area (Å²) < 4.78 is 34.5. The fraction of sp³-hybridized carbons (Fsp3) is 0.0769. The summed E-state index contributed by atoms with van der Waals surface area (Å²) in [7, 11) is -2.57. The van der Waals surface area contributed by atoms with Gasteiger partial charge in [0.1, 0.15) is 10.6 Å². The minimum Gasteiger partial charge on any atom is -0.497 e. The number of rotatable bonds is 8. The SMILES string of the molecule is COc1ccc(N(Cc2ccccc2)S(=O)(=O)c2ccccc2C(=O)Nc2ccncc2)cc1. The molecule has 0 aliphatic heterocycles. The van der Waals surface area contributed by atoms with Gasteiger partial charge in [-0.3, -0.25) is 14.1 Å². The summed E-state index contributed by atoms with van der Waals surface area (Å²) in [6.07, 6.45) is 3.09. The maximum absolute atomic E-state index is 14.0. The maximum atomic E-state index is 14.0. The Kier molecular flexibility index (Phi) is 6.89. The topological polar surface area (TPSA) is 88.6 Å². The summed E-state index contributed by atoms with van der Waals surface area (Å²) in [6, 6.07) is 25.5. The monoisotopic (exact) mass is 473 g/mol. The van der Waals surface area contributed by atoms with Crippen molar-refractivity contribution in [2.45, 2.75) is 11.4 Å². The second kappa shape index (κ2) is 10.2. The predicted octanol–water partition coefficient (Wildman–Crippen LogP) is 4.74. The van der Waals surface area contributed by atoms with Gasteiger partial charge >= 0.3 is 0 Å². The first-order chi connectivity index (χ1) is 16.5. The van der Waals surface area contributed by atoms with Gasteiger partial charge in [0, 0.05) is 18.1 Å². The standard InChI is InChI=1S/C26H23N3O4S/c1-33-23-13-11-22(12-14-23)29(19-20-7-3-2-4-8-20)34(31,32)25-10-6-5-9-24(25)26(30)28-21-15-17-27-18-16-21/h2-18H,19H2,1H3,(H,27,28,30). The van der Waals surface area contributed by atoms with Crippen LogP contribution in [-0.4, -0.2) is 26.4 Å². The quantitative estimate of drug-likeness (QED) is 0.399. The molecule has 0 aliphatic carbocycles. The first-order valence-corrected chi connectivity index (χ1v) is 11.9. The number of ether oxygens (including phenoxy) is 1. The number of nitrogens with one attached hydrogen (secondary N) is 1. The van der Waals surface area contributed by atoms with Gasteiger partial charge in [-0.1, -0.05) is 42.5 Å². The van der Waals surface area contributed by atoms with Gasteiger partial charge in [0.15, 0.2) is 0 Å². The van der Waals surface area contributed by atoms with E-state index in [4.69, 9.17) is 4.74 Å². The molecule has 8 heteroatoms. The number of pyridine rings is 1. The van der Waals surface area contributed by atoms with E-state index in [1.807, 2.05) is 30.3 Å². The average Bonchev–Trinajstić information content (AvgIpc) is 2.88. The number of hydrogen-bond donors (Lipinski definition) is 1. The van der Waals surface area contributed by atoms with Gasteiger partial charge in [0.2, 0.25) is 0 Å². The van der Waals surface area contributed by atoms with Crippen LogP contribution in [0.4, 0.5) is 11.4 Å². The molecule has 0 bridgehead atoms. The Morgan fingerprint density at radius 3 is 2.21 bits per heavy atom. The van der Waals surface area contributed by atoms with Crippen molar-refractivity contribution in [3.05, 3.63) is 115 Å². The van der Waals surface area contributed by atoms with Crippen LogP contribution in [0.15, 0.2) is 108 Å². The van der Waals surface area contributed by atoms with Crippen LogP contribution in [0.25, 0.3) is 0 Å². The number of carbonyl (C=O) groups is 1. The number of nitrogens with zero attached hydrogens (tertiary/aromatic N) is 2. The van der Waals surface area contributed by atoms with E-state index in [2.05, 4.69) is 10.3 Å². The van der Waals surface area contributed by atoms with Crippen LogP contribution in [0, 0.1) is 0 Å². The van der Waals surface area contributed by atoms with E-state index >= 15 is 0 Å². The number of sulfonamides is 1. The van der Waals surface area contributed by atoms with Crippen molar-refractivity contribution in [2.75, 3.05) is 16.7 Å². The summed E-state index contributed by atoms with van der Waals surface area (Å²) in [6.45, 7) is 0.0931. The Hall–Kier alpha value is -4.17. The van der Waals surface area contributed by atoms with Crippen molar-refractivity contribution in [3.63, 3.8) is 0 Å². The first kappa shape index (κ1) is 23.0. The van der Waals surface area contributed by atoms with Crippen molar-refractivity contribution in [1.82, 2.24) is 4.98 Å². The molecular formula is C26H23N3O4S. The molecule has 34 heavy (non-hydrogen) atoms. The molecule has 4 rings (SSSR count). The van der Waals surface area contributed by atoms with Gasteiger partial charge in [-0.05, 0) is 54.1 Å². The molecule has 0 radical (unpaired) electrons. The van der Waals surface area contributed by atoms with E-state index < -0.39 is 15.9 Å². The van der Waals surface area contributed by atoms with Gasteiger partial charge in [-0.15, -0.1) is 0 Å². The van der Waals surface area contributed by atoms with E-state index in [1.165, 1.54) is 16.4 Å². The molecule has 0 atom stereocenters. The third kappa shape index (κ3) is 5.07. The Balaban J connectivity index is 1.76. The second-order valence-corrected chi connectivity index (χ2v) is 9.21. The minimum atomic E-state index is -4.12. The largest absolute Gasteiger partial charge is 0.497 e. The molecule has 0 unspecified atom stereocenters. The van der Waals surface area contributed by atoms with Crippen molar-refractivity contribution in [1.29, 1.82) is 0 Å². The summed E-state index contributed by atoms with van der Waals surface area (Å²) in [4.78, 5) is 16.9. The van der Waals surface area contributed by atoms with Crippen LogP contribution in [-0.2, 0) is 16.6 Å². The van der Waals surface area contributed by atoms with Gasteiger partial charge < -0.3 is 10.1 Å². The molecule has 0 saturated carbocycles. The molecular weight excluding hydrogens is 450 g/mol. The predicted molar refractivity (Wildman–Crippen MR) is 131 cm³/mol. The minimum absolute atomic E-state index is 0.0471. The zero-order chi connectivity index (χ0) is 24.0. The van der Waals surface area contributed by atoms with Crippen LogP contribution in [0.3, 0.4) is 0 Å². The van der Waals surface area contributed by atoms with E-state index in [1.54, 1.807) is 68.0 Å². The number of aromatic nitrogens is 1. The van der Waals surface area contributed by atoms with Crippen molar-refractivity contribution in [2.24, 2.45) is 0 Å². The molecule has 1 heterocycles. The lowest BCUT2D eigenvalue weighted by molar-refractivity contribution is 0.102. The van der Waals surface area contributed by atoms with E-state index in [0.717, 1.165) is 5.56 Å². The van der Waals surface area contributed by atoms with Crippen molar-refractivity contribution < 1.29 is 17.9 Å². The zero-order valence-electron chi connectivity index (χ0n) is 18.5. The third-order valence-electron chi connectivity index (χ3n) is 5.17. The van der Waals surface area contributed by atoms with Gasteiger partial charge in [-0.2, -0.15) is 0 Å². The second-order valence-electron chi connectivity index (χ2n) is 7.38. The highest BCUT2D eigenvalue weighted by atomic mass is 32.2. The molecule has 1 amide bonds. The Morgan fingerprint density at radius 1 is 0.882 bits per heavy atom.